The summed E-state index contributed by atoms with van der Waals surface area (Å²) in [6.45, 7) is 14.8. The Bertz CT molecular complexity index is 169. The molecule has 110 valence electrons. The van der Waals surface area contributed by atoms with E-state index in [0.29, 0.717) is 0 Å². The molecule has 0 aliphatic carbocycles. The third-order valence-electron chi connectivity index (χ3n) is 2.90. The number of hydrogen-bond donors (Lipinski definition) is 0. The van der Waals surface area contributed by atoms with Crippen molar-refractivity contribution in [1.29, 1.82) is 0 Å². The van der Waals surface area contributed by atoms with E-state index >= 15 is 0 Å². The molecule has 0 radical (unpaired) electrons. The monoisotopic (exact) mass is 279 g/mol. The van der Waals surface area contributed by atoms with Gasteiger partial charge in [-0.25, -0.2) is 0 Å². The van der Waals surface area contributed by atoms with E-state index in [9.17, 15) is 0 Å². The van der Waals surface area contributed by atoms with Crippen molar-refractivity contribution in [3.8, 4) is 0 Å². The summed E-state index contributed by atoms with van der Waals surface area (Å²) in [5.74, 6) is -1.65. The van der Waals surface area contributed by atoms with Gasteiger partial charge >= 0.3 is 0 Å². The SMILES string of the molecule is CCC[N+](CCC)(CCC)CCC.O=C([O-])CCl. The van der Waals surface area contributed by atoms with Crippen LogP contribution in [0.4, 0.5) is 0 Å². The molecule has 0 aliphatic rings. The van der Waals surface area contributed by atoms with Gasteiger partial charge in [-0.05, 0) is 25.7 Å². The Hall–Kier alpha value is -0.280. The van der Waals surface area contributed by atoms with Gasteiger partial charge in [-0.3, -0.25) is 0 Å². The van der Waals surface area contributed by atoms with Gasteiger partial charge in [0.05, 0.1) is 38.0 Å². The summed E-state index contributed by atoms with van der Waals surface area (Å²) in [6, 6.07) is 0. The minimum absolute atomic E-state index is 0.417. The Labute approximate surface area is 118 Å². The number of aliphatic carboxylic acids is 1. The molecule has 0 aromatic rings. The molecule has 0 unspecified atom stereocenters. The van der Waals surface area contributed by atoms with Gasteiger partial charge < -0.3 is 14.4 Å². The summed E-state index contributed by atoms with van der Waals surface area (Å²) in [5.41, 5.74) is 0. The zero-order valence-electron chi connectivity index (χ0n) is 12.5. The van der Waals surface area contributed by atoms with Crippen molar-refractivity contribution >= 4 is 17.6 Å². The van der Waals surface area contributed by atoms with Crippen LogP contribution in [0.2, 0.25) is 0 Å². The van der Waals surface area contributed by atoms with E-state index in [1.807, 2.05) is 0 Å². The van der Waals surface area contributed by atoms with E-state index in [1.54, 1.807) is 0 Å². The minimum atomic E-state index is -1.23. The average Bonchev–Trinajstić information content (AvgIpc) is 2.31. The lowest BCUT2D eigenvalue weighted by atomic mass is 10.2. The molecular weight excluding hydrogens is 250 g/mol. The normalized spacial score (nSPS) is 10.7. The maximum absolute atomic E-state index is 9.12. The summed E-state index contributed by atoms with van der Waals surface area (Å²) < 4.78 is 1.38. The molecule has 4 heteroatoms. The van der Waals surface area contributed by atoms with Crippen molar-refractivity contribution in [3.63, 3.8) is 0 Å². The second-order valence-electron chi connectivity index (χ2n) is 4.74. The molecule has 0 fully saturated rings. The standard InChI is InChI=1S/C12H28N.C2H3ClO2/c1-5-9-13(10-6-2,11-7-3)12-8-4;3-1-2(4)5/h5-12H2,1-4H3;1H2,(H,4,5)/q+1;/p-1. The highest BCUT2D eigenvalue weighted by Gasteiger charge is 2.22. The highest BCUT2D eigenvalue weighted by molar-refractivity contribution is 6.25. The van der Waals surface area contributed by atoms with Crippen LogP contribution in [0.5, 0.6) is 0 Å². The van der Waals surface area contributed by atoms with Crippen LogP contribution in [0.3, 0.4) is 0 Å². The predicted octanol–water partition coefficient (Wildman–Crippen LogP) is 2.42. The smallest absolute Gasteiger partial charge is 0.0783 e. The first-order valence-electron chi connectivity index (χ1n) is 7.12. The largest absolute Gasteiger partial charge is 0.549 e. The van der Waals surface area contributed by atoms with Crippen molar-refractivity contribution in [2.45, 2.75) is 53.4 Å². The van der Waals surface area contributed by atoms with Crippen LogP contribution in [-0.2, 0) is 4.79 Å². The highest BCUT2D eigenvalue weighted by Crippen LogP contribution is 2.12. The fourth-order valence-electron chi connectivity index (χ4n) is 2.57. The molecule has 0 spiro atoms. The van der Waals surface area contributed by atoms with Crippen LogP contribution in [0, 0.1) is 0 Å². The summed E-state index contributed by atoms with van der Waals surface area (Å²) in [5, 5.41) is 9.12. The first kappa shape index (κ1) is 20.0. The molecule has 0 aliphatic heterocycles. The summed E-state index contributed by atoms with van der Waals surface area (Å²) >= 11 is 4.67. The van der Waals surface area contributed by atoms with Gasteiger partial charge in [0.2, 0.25) is 0 Å². The first-order valence-corrected chi connectivity index (χ1v) is 7.66. The molecule has 0 bridgehead atoms. The van der Waals surface area contributed by atoms with E-state index in [-0.39, 0.29) is 0 Å². The number of quaternary nitrogens is 1. The number of nitrogens with zero attached hydrogens (tertiary/aromatic N) is 1. The zero-order chi connectivity index (χ0) is 14.4. The molecule has 0 rings (SSSR count). The lowest BCUT2D eigenvalue weighted by Crippen LogP contribution is -2.50. The lowest BCUT2D eigenvalue weighted by molar-refractivity contribution is -0.928. The Morgan fingerprint density at radius 2 is 1.11 bits per heavy atom. The van der Waals surface area contributed by atoms with Gasteiger partial charge in [0.15, 0.2) is 0 Å². The third kappa shape index (κ3) is 10.8. The molecule has 0 aromatic heterocycles. The Kier molecular flexibility index (Phi) is 14.7. The molecule has 0 atom stereocenters. The van der Waals surface area contributed by atoms with Crippen LogP contribution in [0.25, 0.3) is 0 Å². The van der Waals surface area contributed by atoms with Crippen molar-refractivity contribution in [2.24, 2.45) is 0 Å². The fourth-order valence-corrected chi connectivity index (χ4v) is 2.57. The van der Waals surface area contributed by atoms with Crippen molar-refractivity contribution in [1.82, 2.24) is 0 Å². The number of hydrogen-bond acceptors (Lipinski definition) is 2. The lowest BCUT2D eigenvalue weighted by Gasteiger charge is -2.38. The second-order valence-corrected chi connectivity index (χ2v) is 5.01. The number of alkyl halides is 1. The first-order chi connectivity index (χ1) is 8.51. The molecule has 0 amide bonds. The summed E-state index contributed by atoms with van der Waals surface area (Å²) in [4.78, 5) is 9.12. The van der Waals surface area contributed by atoms with Crippen LogP contribution in [0.1, 0.15) is 53.4 Å². The number of carbonyl (C=O) groups excluding carboxylic acids is 1. The molecule has 3 nitrogen and oxygen atoms in total. The number of carboxylic acids is 1. The van der Waals surface area contributed by atoms with E-state index < -0.39 is 11.8 Å². The minimum Gasteiger partial charge on any atom is -0.549 e. The molecule has 0 saturated heterocycles. The Morgan fingerprint density at radius 1 is 0.889 bits per heavy atom. The van der Waals surface area contributed by atoms with Crippen LogP contribution in [-0.4, -0.2) is 42.5 Å². The van der Waals surface area contributed by atoms with Crippen molar-refractivity contribution in [3.05, 3.63) is 0 Å². The van der Waals surface area contributed by atoms with Gasteiger partial charge in [-0.1, -0.05) is 27.7 Å². The third-order valence-corrected chi connectivity index (χ3v) is 3.12. The maximum Gasteiger partial charge on any atom is 0.0783 e. The van der Waals surface area contributed by atoms with E-state index in [4.69, 9.17) is 9.90 Å². The quantitative estimate of drug-likeness (QED) is 0.480. The van der Waals surface area contributed by atoms with E-state index in [0.717, 1.165) is 0 Å². The van der Waals surface area contributed by atoms with Gasteiger partial charge in [0, 0.05) is 0 Å². The fraction of sp³-hybridized carbons (Fsp3) is 0.929. The van der Waals surface area contributed by atoms with E-state index in [1.165, 1.54) is 56.3 Å². The van der Waals surface area contributed by atoms with Crippen LogP contribution < -0.4 is 5.11 Å². The summed E-state index contributed by atoms with van der Waals surface area (Å²) in [6.07, 6.45) is 5.33. The number of carboxylic acid groups (broad SMARTS) is 1. The molecule has 0 saturated carbocycles. The van der Waals surface area contributed by atoms with Crippen molar-refractivity contribution in [2.75, 3.05) is 32.1 Å². The maximum atomic E-state index is 9.12. The van der Waals surface area contributed by atoms with Crippen molar-refractivity contribution < 1.29 is 14.4 Å². The molecular formula is C14H30ClNO2. The molecule has 0 aromatic carbocycles. The van der Waals surface area contributed by atoms with Crippen LogP contribution in [0.15, 0.2) is 0 Å². The molecule has 0 heterocycles. The van der Waals surface area contributed by atoms with E-state index in [2.05, 4.69) is 39.3 Å². The second kappa shape index (κ2) is 13.2. The zero-order valence-corrected chi connectivity index (χ0v) is 13.3. The summed E-state index contributed by atoms with van der Waals surface area (Å²) in [7, 11) is 0. The number of halogens is 1. The number of rotatable bonds is 9. The Morgan fingerprint density at radius 3 is 1.22 bits per heavy atom. The van der Waals surface area contributed by atoms with Gasteiger partial charge in [-0.2, -0.15) is 0 Å². The Balaban J connectivity index is 0. The predicted molar refractivity (Wildman–Crippen MR) is 76.6 cm³/mol. The number of carbonyl (C=O) groups is 1. The van der Waals surface area contributed by atoms with Crippen LogP contribution >= 0.6 is 11.6 Å². The molecule has 0 N–H and O–H groups in total. The molecule has 18 heavy (non-hydrogen) atoms. The highest BCUT2D eigenvalue weighted by atomic mass is 35.5. The van der Waals surface area contributed by atoms with Gasteiger partial charge in [-0.15, -0.1) is 11.6 Å². The topological polar surface area (TPSA) is 40.1 Å². The van der Waals surface area contributed by atoms with Gasteiger partial charge in [0.25, 0.3) is 0 Å². The van der Waals surface area contributed by atoms with Gasteiger partial charge in [0.1, 0.15) is 0 Å². The average molecular weight is 280 g/mol.